The molecule has 21 heteroatoms. The highest BCUT2D eigenvalue weighted by Gasteiger charge is 2.44. The number of aromatic nitrogens is 1. The van der Waals surface area contributed by atoms with Crippen molar-refractivity contribution >= 4 is 64.3 Å². The highest BCUT2D eigenvalue weighted by Crippen LogP contribution is 2.31. The normalized spacial score (nSPS) is 17.1. The van der Waals surface area contributed by atoms with Crippen LogP contribution in [0.3, 0.4) is 0 Å². The molecular weight excluding hydrogens is 1040 g/mol. The van der Waals surface area contributed by atoms with E-state index in [0.717, 1.165) is 22.6 Å². The van der Waals surface area contributed by atoms with Gasteiger partial charge in [-0.25, -0.2) is 4.98 Å². The number of aryl methyl sites for hydroxylation is 1. The maximum Gasteiger partial charge on any atom is 0.245 e. The lowest BCUT2D eigenvalue weighted by Gasteiger charge is -2.41. The summed E-state index contributed by atoms with van der Waals surface area (Å²) in [7, 11) is 4.76. The molecule has 2 saturated heterocycles. The number of ether oxygens (including phenoxy) is 4. The number of likely N-dealkylation sites (tertiary alicyclic amines) is 2. The second-order valence-electron chi connectivity index (χ2n) is 21.7. The molecule has 1 aromatic heterocycles. The van der Waals surface area contributed by atoms with Gasteiger partial charge < -0.3 is 50.0 Å². The summed E-state index contributed by atoms with van der Waals surface area (Å²) >= 11 is 1.48. The number of hydrogen-bond acceptors (Lipinski definition) is 14. The van der Waals surface area contributed by atoms with Gasteiger partial charge in [0.15, 0.2) is 0 Å². The lowest BCUT2D eigenvalue weighted by atomic mass is 9.89. The third kappa shape index (κ3) is 18.7. The number of rotatable bonds is 33. The van der Waals surface area contributed by atoms with Crippen LogP contribution in [0.2, 0.25) is 0 Å². The molecule has 0 bridgehead atoms. The van der Waals surface area contributed by atoms with Crippen LogP contribution in [0, 0.1) is 17.8 Å². The van der Waals surface area contributed by atoms with E-state index in [-0.39, 0.29) is 111 Å². The van der Waals surface area contributed by atoms with E-state index in [0.29, 0.717) is 50.9 Å². The zero-order valence-corrected chi connectivity index (χ0v) is 49.3. The standard InChI is InChI=1S/C59H86N8O12S/c1-11-39(4)53(46(76-9)37-51(72)66-29-15-18-45(66)54(77-10)40(5)55(73)62-44(56-60-28-35-80-56)36-42-16-13-12-14-17-42)65(8)57(74)52(38(2)3)63-58(75)59(6,7)64-48(69)27-32-79-34-33-78-31-26-47(68)61-43-22-19-41(20-23-43)21-24-49(70)67-30-25-50(67)71/h12-14,16-17,19-20,22-23,28,35,38-40,44-46,52-54H,11,15,18,21,24-27,29-34,36-37H2,1-10H3,(H,61,68)(H,62,73)(H,63,75)(H,64,69)/t39?,40?,44-,45?,46+,52-,53?,54?/m0/s1. The van der Waals surface area contributed by atoms with E-state index in [1.807, 2.05) is 82.5 Å². The van der Waals surface area contributed by atoms with E-state index in [1.165, 1.54) is 23.3 Å². The average molecular weight is 1130 g/mol. The third-order valence-electron chi connectivity index (χ3n) is 15.2. The molecule has 0 aliphatic carbocycles. The smallest absolute Gasteiger partial charge is 0.245 e. The molecule has 5 rings (SSSR count). The van der Waals surface area contributed by atoms with Crippen LogP contribution in [0.15, 0.2) is 66.2 Å². The molecule has 0 saturated carbocycles. The van der Waals surface area contributed by atoms with Crippen molar-refractivity contribution in [1.29, 1.82) is 0 Å². The summed E-state index contributed by atoms with van der Waals surface area (Å²) in [5.41, 5.74) is 1.19. The Morgan fingerprint density at radius 3 is 2.08 bits per heavy atom. The number of likely N-dealkylation sites (N-methyl/N-ethyl adjacent to an activating group) is 1. The van der Waals surface area contributed by atoms with Gasteiger partial charge in [0.1, 0.15) is 16.6 Å². The van der Waals surface area contributed by atoms with Crippen LogP contribution in [0.1, 0.15) is 122 Å². The third-order valence-corrected chi connectivity index (χ3v) is 16.1. The van der Waals surface area contributed by atoms with Crippen molar-refractivity contribution in [2.24, 2.45) is 17.8 Å². The van der Waals surface area contributed by atoms with Crippen molar-refractivity contribution < 1.29 is 57.3 Å². The molecule has 20 nitrogen and oxygen atoms in total. The number of benzene rings is 2. The van der Waals surface area contributed by atoms with Crippen LogP contribution < -0.4 is 21.3 Å². The van der Waals surface area contributed by atoms with Gasteiger partial charge in [-0.1, -0.05) is 83.5 Å². The Balaban J connectivity index is 1.06. The summed E-state index contributed by atoms with van der Waals surface area (Å²) in [6, 6.07) is 14.8. The molecule has 2 aliphatic heterocycles. The van der Waals surface area contributed by atoms with Gasteiger partial charge in [-0.05, 0) is 74.6 Å². The van der Waals surface area contributed by atoms with Crippen molar-refractivity contribution in [1.82, 2.24) is 35.6 Å². The molecule has 440 valence electrons. The van der Waals surface area contributed by atoms with Crippen molar-refractivity contribution in [3.63, 3.8) is 0 Å². The lowest BCUT2D eigenvalue weighted by Crippen LogP contribution is -2.62. The Morgan fingerprint density at radius 2 is 1.50 bits per heavy atom. The predicted octanol–water partition coefficient (Wildman–Crippen LogP) is 5.64. The Kier molecular flexibility index (Phi) is 25.7. The van der Waals surface area contributed by atoms with E-state index in [1.54, 1.807) is 56.1 Å². The minimum Gasteiger partial charge on any atom is -0.379 e. The molecule has 8 amide bonds. The zero-order chi connectivity index (χ0) is 58.5. The summed E-state index contributed by atoms with van der Waals surface area (Å²) in [6.07, 6.45) is 4.19. The fourth-order valence-corrected chi connectivity index (χ4v) is 10.9. The Bertz CT molecular complexity index is 2500. The monoisotopic (exact) mass is 1130 g/mol. The fraction of sp³-hybridized carbons (Fsp3) is 0.610. The van der Waals surface area contributed by atoms with Crippen LogP contribution in [0.25, 0.3) is 0 Å². The second-order valence-corrected chi connectivity index (χ2v) is 22.7. The van der Waals surface area contributed by atoms with E-state index in [2.05, 4.69) is 26.3 Å². The van der Waals surface area contributed by atoms with Crippen LogP contribution in [0.4, 0.5) is 5.69 Å². The molecule has 5 unspecified atom stereocenters. The summed E-state index contributed by atoms with van der Waals surface area (Å²) < 4.78 is 23.3. The molecule has 3 aromatic rings. The van der Waals surface area contributed by atoms with Gasteiger partial charge >= 0.3 is 0 Å². The number of carbonyl (C=O) groups is 8. The van der Waals surface area contributed by atoms with Crippen molar-refractivity contribution in [2.75, 3.05) is 66.1 Å². The highest BCUT2D eigenvalue weighted by molar-refractivity contribution is 7.09. The molecule has 4 N–H and O–H groups in total. The minimum atomic E-state index is -1.40. The van der Waals surface area contributed by atoms with Crippen LogP contribution in [-0.2, 0) is 70.1 Å². The van der Waals surface area contributed by atoms with Gasteiger partial charge in [-0.15, -0.1) is 11.3 Å². The number of nitrogens with one attached hydrogen (secondary N) is 4. The number of imide groups is 1. The Hall–Kier alpha value is -6.13. The van der Waals surface area contributed by atoms with Crippen LogP contribution >= 0.6 is 11.3 Å². The molecule has 0 radical (unpaired) electrons. The second kappa shape index (κ2) is 31.8. The molecule has 3 heterocycles. The summed E-state index contributed by atoms with van der Waals surface area (Å²) in [4.78, 5) is 115. The molecular formula is C59H86N8O12S. The summed E-state index contributed by atoms with van der Waals surface area (Å²) in [6.45, 7) is 14.1. The van der Waals surface area contributed by atoms with Gasteiger partial charge in [0.05, 0.1) is 75.5 Å². The van der Waals surface area contributed by atoms with E-state index in [9.17, 15) is 38.4 Å². The SMILES string of the molecule is CCC(C)C([C@@H](CC(=O)N1CCCC1C(OC)C(C)C(=O)N[C@@H](Cc1ccccc1)c1nccs1)OC)N(C)C(=O)[C@@H](NC(=O)C(C)(C)NC(=O)CCOCCOCCC(=O)Nc1ccc(CCC(=O)N2CCC2=O)cc1)C(C)C. The maximum atomic E-state index is 14.6. The first-order chi connectivity index (χ1) is 38.2. The van der Waals surface area contributed by atoms with E-state index >= 15 is 0 Å². The maximum absolute atomic E-state index is 14.6. The lowest BCUT2D eigenvalue weighted by molar-refractivity contribution is -0.152. The molecule has 8 atom stereocenters. The van der Waals surface area contributed by atoms with E-state index in [4.69, 9.17) is 18.9 Å². The molecule has 0 spiro atoms. The van der Waals surface area contributed by atoms with Gasteiger partial charge in [-0.3, -0.25) is 43.3 Å². The van der Waals surface area contributed by atoms with E-state index < -0.39 is 47.6 Å². The number of β-lactam (4-membered cyclic amide) rings is 1. The quantitative estimate of drug-likeness (QED) is 0.0427. The number of nitrogens with zero attached hydrogens (tertiary/aromatic N) is 4. The fourth-order valence-electron chi connectivity index (χ4n) is 10.2. The number of carbonyl (C=O) groups excluding carboxylic acids is 8. The highest BCUT2D eigenvalue weighted by atomic mass is 32.1. The van der Waals surface area contributed by atoms with Crippen LogP contribution in [-0.4, -0.2) is 164 Å². The largest absolute Gasteiger partial charge is 0.379 e. The molecule has 2 aromatic carbocycles. The average Bonchev–Trinajstić information content (AvgIpc) is 4.20. The van der Waals surface area contributed by atoms with Gasteiger partial charge in [0.2, 0.25) is 47.3 Å². The topological polar surface area (TPSA) is 244 Å². The molecule has 2 aliphatic rings. The first kappa shape index (κ1) is 64.7. The van der Waals surface area contributed by atoms with Gasteiger partial charge in [0, 0.05) is 70.9 Å². The predicted molar refractivity (Wildman–Crippen MR) is 304 cm³/mol. The number of thiazole rings is 1. The van der Waals surface area contributed by atoms with Crippen molar-refractivity contribution in [3.8, 4) is 0 Å². The first-order valence-corrected chi connectivity index (χ1v) is 28.9. The summed E-state index contributed by atoms with van der Waals surface area (Å²) in [5.74, 6) is -3.37. The summed E-state index contributed by atoms with van der Waals surface area (Å²) in [5, 5.41) is 14.4. The van der Waals surface area contributed by atoms with Gasteiger partial charge in [0.25, 0.3) is 0 Å². The van der Waals surface area contributed by atoms with Crippen molar-refractivity contribution in [2.45, 2.75) is 155 Å². The number of hydrogen-bond donors (Lipinski definition) is 4. The first-order valence-electron chi connectivity index (χ1n) is 28.0. The Labute approximate surface area is 476 Å². The molecule has 80 heavy (non-hydrogen) atoms. The number of amides is 8. The number of anilines is 1. The minimum absolute atomic E-state index is 0.0383. The Morgan fingerprint density at radius 1 is 0.825 bits per heavy atom. The van der Waals surface area contributed by atoms with Crippen LogP contribution in [0.5, 0.6) is 0 Å². The number of methoxy groups -OCH3 is 2. The van der Waals surface area contributed by atoms with Gasteiger partial charge in [-0.2, -0.15) is 0 Å². The zero-order valence-electron chi connectivity index (χ0n) is 48.5. The van der Waals surface area contributed by atoms with Crippen molar-refractivity contribution in [3.05, 3.63) is 82.3 Å². The molecule has 2 fully saturated rings.